The number of aromatic nitrogens is 1. The lowest BCUT2D eigenvalue weighted by Crippen LogP contribution is -1.81. The van der Waals surface area contributed by atoms with Crippen LogP contribution in [0.3, 0.4) is 0 Å². The fraction of sp³-hybridized carbons (Fsp3) is 0.111. The molecule has 0 fully saturated rings. The van der Waals surface area contributed by atoms with Crippen LogP contribution in [0.25, 0.3) is 0 Å². The van der Waals surface area contributed by atoms with Crippen molar-refractivity contribution in [3.63, 3.8) is 0 Å². The zero-order chi connectivity index (χ0) is 7.94. The molecule has 0 aliphatic carbocycles. The summed E-state index contributed by atoms with van der Waals surface area (Å²) in [5, 5.41) is 0. The lowest BCUT2D eigenvalue weighted by Gasteiger charge is -1.85. The third kappa shape index (κ3) is 2.83. The molecule has 2 heteroatoms. The summed E-state index contributed by atoms with van der Waals surface area (Å²) in [5.41, 5.74) is 0.754. The van der Waals surface area contributed by atoms with Crippen LogP contribution in [0, 0.1) is 19.0 Å². The molecule has 55 valence electrons. The van der Waals surface area contributed by atoms with E-state index in [2.05, 4.69) is 28.7 Å². The summed E-state index contributed by atoms with van der Waals surface area (Å²) in [6, 6.07) is 5.58. The number of ether oxygens (including phenoxy) is 1. The topological polar surface area (TPSA) is 22.1 Å². The fourth-order valence-corrected chi connectivity index (χ4v) is 0.614. The maximum atomic E-state index is 4.51. The molecule has 1 rings (SSSR count). The Kier molecular flexibility index (Phi) is 3.17. The van der Waals surface area contributed by atoms with E-state index in [0.717, 1.165) is 5.69 Å². The molecule has 0 atom stereocenters. The Morgan fingerprint density at radius 3 is 3.09 bits per heavy atom. The smallest absolute Gasteiger partial charge is 0.113 e. The Labute approximate surface area is 66.2 Å². The molecule has 0 spiro atoms. The van der Waals surface area contributed by atoms with Gasteiger partial charge in [-0.15, -0.1) is 0 Å². The van der Waals surface area contributed by atoms with E-state index in [4.69, 9.17) is 0 Å². The van der Waals surface area contributed by atoms with Crippen molar-refractivity contribution in [2.75, 3.05) is 6.61 Å². The second kappa shape index (κ2) is 4.48. The molecule has 0 aliphatic heterocycles. The summed E-state index contributed by atoms with van der Waals surface area (Å²) in [6.45, 7) is 0.344. The van der Waals surface area contributed by atoms with Crippen LogP contribution >= 0.6 is 0 Å². The van der Waals surface area contributed by atoms with Crippen molar-refractivity contribution in [2.24, 2.45) is 0 Å². The molecule has 2 nitrogen and oxygen atoms in total. The number of rotatable bonds is 1. The predicted octanol–water partition coefficient (Wildman–Crippen LogP) is 1.24. The third-order valence-corrected chi connectivity index (χ3v) is 1.06. The molecule has 0 amide bonds. The molecule has 0 aromatic carbocycles. The largest absolute Gasteiger partial charge is 0.366 e. The lowest BCUT2D eigenvalue weighted by molar-refractivity contribution is 0.288. The summed E-state index contributed by atoms with van der Waals surface area (Å²) in [7, 11) is 3.19. The van der Waals surface area contributed by atoms with E-state index in [-0.39, 0.29) is 0 Å². The summed E-state index contributed by atoms with van der Waals surface area (Å²) in [6.07, 6.45) is 1.70. The highest BCUT2D eigenvalue weighted by atomic mass is 16.5. The van der Waals surface area contributed by atoms with E-state index < -0.39 is 0 Å². The highest BCUT2D eigenvalue weighted by molar-refractivity contribution is 5.26. The van der Waals surface area contributed by atoms with Crippen molar-refractivity contribution in [2.45, 2.75) is 0 Å². The van der Waals surface area contributed by atoms with Gasteiger partial charge in [-0.25, -0.2) is 4.98 Å². The van der Waals surface area contributed by atoms with Gasteiger partial charge in [-0.1, -0.05) is 12.0 Å². The average molecular weight is 146 g/mol. The Balaban J connectivity index is 2.59. The molecule has 1 aromatic heterocycles. The van der Waals surface area contributed by atoms with Gasteiger partial charge in [0.15, 0.2) is 0 Å². The van der Waals surface area contributed by atoms with Crippen LogP contribution in [-0.2, 0) is 4.74 Å². The number of hydrogen-bond donors (Lipinski definition) is 0. The lowest BCUT2D eigenvalue weighted by atomic mass is 10.3. The van der Waals surface area contributed by atoms with Gasteiger partial charge in [0.1, 0.15) is 12.3 Å². The maximum Gasteiger partial charge on any atom is 0.113 e. The van der Waals surface area contributed by atoms with Gasteiger partial charge in [0.05, 0.1) is 7.11 Å². The highest BCUT2D eigenvalue weighted by Gasteiger charge is 1.80. The first-order chi connectivity index (χ1) is 5.43. The molecular formula is C9H8NO. The zero-order valence-electron chi connectivity index (χ0n) is 6.08. The number of pyridine rings is 1. The average Bonchev–Trinajstić information content (AvgIpc) is 2.07. The standard InChI is InChI=1S/C9H8NO/c1-11-8-4-6-9-5-2-3-7-10-9/h2-3,5,7H,1,8H2. The van der Waals surface area contributed by atoms with Gasteiger partial charge in [-0.3, -0.25) is 0 Å². The molecule has 0 saturated carbocycles. The second-order valence-electron chi connectivity index (χ2n) is 1.87. The van der Waals surface area contributed by atoms with E-state index in [1.54, 1.807) is 6.20 Å². The molecule has 0 unspecified atom stereocenters. The molecule has 1 aromatic rings. The minimum absolute atomic E-state index is 0.344. The van der Waals surface area contributed by atoms with Crippen molar-refractivity contribution in [3.05, 3.63) is 37.2 Å². The van der Waals surface area contributed by atoms with Crippen LogP contribution < -0.4 is 0 Å². The third-order valence-electron chi connectivity index (χ3n) is 1.06. The fourth-order valence-electron chi connectivity index (χ4n) is 0.614. The molecule has 0 N–H and O–H groups in total. The van der Waals surface area contributed by atoms with E-state index >= 15 is 0 Å². The monoisotopic (exact) mass is 146 g/mol. The maximum absolute atomic E-state index is 4.51. The summed E-state index contributed by atoms with van der Waals surface area (Å²) >= 11 is 0. The first-order valence-corrected chi connectivity index (χ1v) is 3.20. The summed E-state index contributed by atoms with van der Waals surface area (Å²) in [4.78, 5) is 4.00. The van der Waals surface area contributed by atoms with Gasteiger partial charge < -0.3 is 4.74 Å². The molecule has 0 bridgehead atoms. The van der Waals surface area contributed by atoms with E-state index in [9.17, 15) is 0 Å². The van der Waals surface area contributed by atoms with Crippen molar-refractivity contribution in [1.82, 2.24) is 4.98 Å². The second-order valence-corrected chi connectivity index (χ2v) is 1.87. The van der Waals surface area contributed by atoms with Crippen LogP contribution in [-0.4, -0.2) is 11.6 Å². The molecule has 0 aliphatic rings. The van der Waals surface area contributed by atoms with Crippen molar-refractivity contribution >= 4 is 0 Å². The number of nitrogens with zero attached hydrogens (tertiary/aromatic N) is 1. The van der Waals surface area contributed by atoms with Crippen LogP contribution in [0.5, 0.6) is 0 Å². The van der Waals surface area contributed by atoms with Crippen molar-refractivity contribution in [3.8, 4) is 11.8 Å². The molecular weight excluding hydrogens is 138 g/mol. The van der Waals surface area contributed by atoms with E-state index in [0.29, 0.717) is 6.61 Å². The number of hydrogen-bond acceptors (Lipinski definition) is 2. The van der Waals surface area contributed by atoms with Crippen LogP contribution in [0.15, 0.2) is 24.4 Å². The summed E-state index contributed by atoms with van der Waals surface area (Å²) in [5.74, 6) is 5.57. The van der Waals surface area contributed by atoms with Crippen LogP contribution in [0.2, 0.25) is 0 Å². The highest BCUT2D eigenvalue weighted by Crippen LogP contribution is 1.88. The van der Waals surface area contributed by atoms with Crippen molar-refractivity contribution < 1.29 is 4.74 Å². The Bertz CT molecular complexity index is 258. The first-order valence-electron chi connectivity index (χ1n) is 3.20. The molecule has 1 heterocycles. The van der Waals surface area contributed by atoms with E-state index in [1.165, 1.54) is 0 Å². The van der Waals surface area contributed by atoms with Crippen LogP contribution in [0.4, 0.5) is 0 Å². The van der Waals surface area contributed by atoms with Gasteiger partial charge in [0.25, 0.3) is 0 Å². The molecule has 0 saturated heterocycles. The SMILES string of the molecule is [CH2]OCC#Cc1ccccn1. The van der Waals surface area contributed by atoms with E-state index in [1.807, 2.05) is 18.2 Å². The van der Waals surface area contributed by atoms with Gasteiger partial charge >= 0.3 is 0 Å². The summed E-state index contributed by atoms with van der Waals surface area (Å²) < 4.78 is 4.51. The van der Waals surface area contributed by atoms with Gasteiger partial charge in [-0.05, 0) is 18.1 Å². The predicted molar refractivity (Wildman–Crippen MR) is 42.4 cm³/mol. The Hall–Kier alpha value is -1.33. The Morgan fingerprint density at radius 1 is 1.55 bits per heavy atom. The Morgan fingerprint density at radius 2 is 2.45 bits per heavy atom. The minimum atomic E-state index is 0.344. The van der Waals surface area contributed by atoms with Crippen LogP contribution in [0.1, 0.15) is 5.69 Å². The minimum Gasteiger partial charge on any atom is -0.366 e. The normalized spacial score (nSPS) is 8.45. The van der Waals surface area contributed by atoms with Gasteiger partial charge in [0, 0.05) is 6.20 Å². The molecule has 1 radical (unpaired) electrons. The van der Waals surface area contributed by atoms with Crippen molar-refractivity contribution in [1.29, 1.82) is 0 Å². The van der Waals surface area contributed by atoms with Gasteiger partial charge in [0.2, 0.25) is 0 Å². The first kappa shape index (κ1) is 7.77. The molecule has 11 heavy (non-hydrogen) atoms. The van der Waals surface area contributed by atoms with Gasteiger partial charge in [-0.2, -0.15) is 0 Å². The zero-order valence-corrected chi connectivity index (χ0v) is 6.08. The quantitative estimate of drug-likeness (QED) is 0.556.